The molecule has 0 saturated carbocycles. The number of anilines is 2. The number of carbonyl (C=O) groups is 2. The van der Waals surface area contributed by atoms with Crippen molar-refractivity contribution in [3.05, 3.63) is 108 Å². The van der Waals surface area contributed by atoms with Crippen LogP contribution in [0.2, 0.25) is 0 Å². The molecule has 3 rings (SSSR count). The molecule has 0 aliphatic carbocycles. The van der Waals surface area contributed by atoms with Crippen LogP contribution in [0, 0.1) is 11.6 Å². The van der Waals surface area contributed by atoms with Crippen LogP contribution in [-0.4, -0.2) is 11.8 Å². The Hall–Kier alpha value is -4.06. The van der Waals surface area contributed by atoms with Gasteiger partial charge in [-0.3, -0.25) is 9.59 Å². The number of hydrogen-bond acceptors (Lipinski definition) is 2. The molecule has 3 aromatic rings. The fourth-order valence-corrected chi connectivity index (χ4v) is 2.54. The second-order valence-electron chi connectivity index (χ2n) is 6.29. The minimum atomic E-state index is -0.400. The summed E-state index contributed by atoms with van der Waals surface area (Å²) in [7, 11) is 0. The van der Waals surface area contributed by atoms with Crippen LogP contribution in [0.3, 0.4) is 0 Å². The van der Waals surface area contributed by atoms with E-state index in [0.717, 1.165) is 0 Å². The number of nitrogens with one attached hydrogen (secondary N) is 2. The fourth-order valence-electron chi connectivity index (χ4n) is 2.54. The van der Waals surface area contributed by atoms with Crippen molar-refractivity contribution in [3.8, 4) is 0 Å². The van der Waals surface area contributed by atoms with Gasteiger partial charge in [0, 0.05) is 12.2 Å². The van der Waals surface area contributed by atoms with Gasteiger partial charge in [-0.1, -0.05) is 36.4 Å². The third-order valence-corrected chi connectivity index (χ3v) is 4.04. The van der Waals surface area contributed by atoms with E-state index in [9.17, 15) is 18.4 Å². The zero-order valence-electron chi connectivity index (χ0n) is 15.8. The van der Waals surface area contributed by atoms with Gasteiger partial charge in [0.05, 0.1) is 11.4 Å². The van der Waals surface area contributed by atoms with E-state index in [-0.39, 0.29) is 11.6 Å². The van der Waals surface area contributed by atoms with Crippen molar-refractivity contribution >= 4 is 35.3 Å². The number of carbonyl (C=O) groups excluding carboxylic acids is 2. The fraction of sp³-hybridized carbons (Fsp3) is 0. The molecule has 0 spiro atoms. The van der Waals surface area contributed by atoms with Gasteiger partial charge in [0.1, 0.15) is 11.6 Å². The number of para-hydroxylation sites is 2. The molecule has 3 aromatic carbocycles. The number of amides is 2. The van der Waals surface area contributed by atoms with Crippen LogP contribution < -0.4 is 10.6 Å². The Morgan fingerprint density at radius 2 is 0.967 bits per heavy atom. The molecule has 0 atom stereocenters. The van der Waals surface area contributed by atoms with E-state index in [1.807, 2.05) is 0 Å². The molecular weight excluding hydrogens is 386 g/mol. The number of halogens is 2. The van der Waals surface area contributed by atoms with Crippen molar-refractivity contribution in [3.63, 3.8) is 0 Å². The predicted molar refractivity (Wildman–Crippen MR) is 115 cm³/mol. The summed E-state index contributed by atoms with van der Waals surface area (Å²) in [5.74, 6) is -1.50. The molecule has 6 heteroatoms. The van der Waals surface area contributed by atoms with Crippen molar-refractivity contribution in [1.82, 2.24) is 0 Å². The minimum Gasteiger partial charge on any atom is -0.321 e. The first-order chi connectivity index (χ1) is 14.5. The molecular formula is C24H18F2N2O2. The standard InChI is InChI=1S/C24H18F2N2O2/c25-19-11-5-17(6-12-19)9-15-23(29)27-21-3-1-2-4-22(21)28-24(30)16-10-18-7-13-20(26)14-8-18/h1-16H,(H,27,29)(H,28,30)/b15-9+,16-10+. The van der Waals surface area contributed by atoms with E-state index in [0.29, 0.717) is 22.5 Å². The summed E-state index contributed by atoms with van der Waals surface area (Å²) in [5.41, 5.74) is 2.21. The minimum absolute atomic E-state index is 0.352. The van der Waals surface area contributed by atoms with Crippen molar-refractivity contribution < 1.29 is 18.4 Å². The average molecular weight is 404 g/mol. The van der Waals surface area contributed by atoms with E-state index in [1.54, 1.807) is 60.7 Å². The summed E-state index contributed by atoms with van der Waals surface area (Å²) in [6.45, 7) is 0. The third-order valence-electron chi connectivity index (χ3n) is 4.04. The Morgan fingerprint density at radius 1 is 0.600 bits per heavy atom. The quantitative estimate of drug-likeness (QED) is 0.550. The maximum absolute atomic E-state index is 12.9. The Balaban J connectivity index is 1.63. The lowest BCUT2D eigenvalue weighted by atomic mass is 10.2. The lowest BCUT2D eigenvalue weighted by molar-refractivity contribution is -0.112. The van der Waals surface area contributed by atoms with Crippen molar-refractivity contribution in [2.45, 2.75) is 0 Å². The van der Waals surface area contributed by atoms with Gasteiger partial charge in [-0.05, 0) is 59.7 Å². The molecule has 0 saturated heterocycles. The highest BCUT2D eigenvalue weighted by atomic mass is 19.1. The molecule has 0 aromatic heterocycles. The first kappa shape index (κ1) is 20.7. The van der Waals surface area contributed by atoms with Gasteiger partial charge in [0.15, 0.2) is 0 Å². The first-order valence-corrected chi connectivity index (χ1v) is 9.08. The molecule has 2 amide bonds. The van der Waals surface area contributed by atoms with Crippen molar-refractivity contribution in [1.29, 1.82) is 0 Å². The summed E-state index contributed by atoms with van der Waals surface area (Å²) in [6.07, 6.45) is 5.75. The molecule has 0 heterocycles. The predicted octanol–water partition coefficient (Wildman–Crippen LogP) is 5.27. The Bertz CT molecular complexity index is 1000. The van der Waals surface area contributed by atoms with Crippen LogP contribution in [0.4, 0.5) is 20.2 Å². The summed E-state index contributed by atoms with van der Waals surface area (Å²) < 4.78 is 25.9. The summed E-state index contributed by atoms with van der Waals surface area (Å²) in [6, 6.07) is 18.2. The van der Waals surface area contributed by atoms with Crippen LogP contribution in [-0.2, 0) is 9.59 Å². The summed E-state index contributed by atoms with van der Waals surface area (Å²) in [4.78, 5) is 24.4. The topological polar surface area (TPSA) is 58.2 Å². The van der Waals surface area contributed by atoms with Crippen LogP contribution >= 0.6 is 0 Å². The molecule has 0 fully saturated rings. The van der Waals surface area contributed by atoms with E-state index >= 15 is 0 Å². The lowest BCUT2D eigenvalue weighted by Crippen LogP contribution is -2.13. The molecule has 150 valence electrons. The Labute approximate surface area is 172 Å². The first-order valence-electron chi connectivity index (χ1n) is 9.08. The molecule has 0 unspecified atom stereocenters. The van der Waals surface area contributed by atoms with Gasteiger partial charge >= 0.3 is 0 Å². The number of rotatable bonds is 6. The monoisotopic (exact) mass is 404 g/mol. The zero-order chi connectivity index (χ0) is 21.3. The number of hydrogen-bond donors (Lipinski definition) is 2. The SMILES string of the molecule is O=C(/C=C/c1ccc(F)cc1)Nc1ccccc1NC(=O)/C=C/c1ccc(F)cc1. The lowest BCUT2D eigenvalue weighted by Gasteiger charge is -2.10. The molecule has 0 aliphatic rings. The van der Waals surface area contributed by atoms with Gasteiger partial charge < -0.3 is 10.6 Å². The van der Waals surface area contributed by atoms with Crippen LogP contribution in [0.5, 0.6) is 0 Å². The van der Waals surface area contributed by atoms with Gasteiger partial charge in [-0.25, -0.2) is 8.78 Å². The Kier molecular flexibility index (Phi) is 6.84. The van der Waals surface area contributed by atoms with E-state index in [2.05, 4.69) is 10.6 Å². The van der Waals surface area contributed by atoms with E-state index in [4.69, 9.17) is 0 Å². The third kappa shape index (κ3) is 6.24. The average Bonchev–Trinajstić information content (AvgIpc) is 2.74. The van der Waals surface area contributed by atoms with Crippen LogP contribution in [0.1, 0.15) is 11.1 Å². The van der Waals surface area contributed by atoms with Gasteiger partial charge in [-0.15, -0.1) is 0 Å². The second kappa shape index (κ2) is 9.93. The van der Waals surface area contributed by atoms with Gasteiger partial charge in [0.25, 0.3) is 0 Å². The molecule has 0 bridgehead atoms. The smallest absolute Gasteiger partial charge is 0.248 e. The van der Waals surface area contributed by atoms with E-state index in [1.165, 1.54) is 36.4 Å². The van der Waals surface area contributed by atoms with Crippen molar-refractivity contribution in [2.75, 3.05) is 10.6 Å². The normalized spacial score (nSPS) is 11.0. The molecule has 30 heavy (non-hydrogen) atoms. The maximum Gasteiger partial charge on any atom is 0.248 e. The van der Waals surface area contributed by atoms with Gasteiger partial charge in [-0.2, -0.15) is 0 Å². The van der Waals surface area contributed by atoms with Gasteiger partial charge in [0.2, 0.25) is 11.8 Å². The maximum atomic E-state index is 12.9. The Morgan fingerprint density at radius 3 is 1.33 bits per heavy atom. The molecule has 0 radical (unpaired) electrons. The zero-order valence-corrected chi connectivity index (χ0v) is 15.8. The highest BCUT2D eigenvalue weighted by molar-refractivity contribution is 6.07. The highest BCUT2D eigenvalue weighted by Crippen LogP contribution is 2.21. The second-order valence-corrected chi connectivity index (χ2v) is 6.29. The largest absolute Gasteiger partial charge is 0.321 e. The van der Waals surface area contributed by atoms with Crippen LogP contribution in [0.25, 0.3) is 12.2 Å². The molecule has 2 N–H and O–H groups in total. The highest BCUT2D eigenvalue weighted by Gasteiger charge is 2.06. The van der Waals surface area contributed by atoms with Crippen molar-refractivity contribution in [2.24, 2.45) is 0 Å². The van der Waals surface area contributed by atoms with E-state index < -0.39 is 11.8 Å². The number of benzene rings is 3. The van der Waals surface area contributed by atoms with Crippen LogP contribution in [0.15, 0.2) is 84.9 Å². The summed E-state index contributed by atoms with van der Waals surface area (Å²) >= 11 is 0. The molecule has 4 nitrogen and oxygen atoms in total. The summed E-state index contributed by atoms with van der Waals surface area (Å²) in [5, 5.41) is 5.39. The molecule has 0 aliphatic heterocycles.